The summed E-state index contributed by atoms with van der Waals surface area (Å²) in [5, 5.41) is 53.7. The van der Waals surface area contributed by atoms with Crippen LogP contribution in [0, 0.1) is 0 Å². The molecular weight excluding hydrogens is 730 g/mol. The number of piperazine rings is 1. The number of quaternary nitrogens is 1. The molecule has 0 unspecified atom stereocenters. The number of carboxylic acid groups (broad SMARTS) is 1. The van der Waals surface area contributed by atoms with E-state index in [1.165, 1.54) is 48.0 Å². The Hall–Kier alpha value is -4.99. The average Bonchev–Trinajstić information content (AvgIpc) is 3.78. The number of phenols is 2. The summed E-state index contributed by atoms with van der Waals surface area (Å²) in [4.78, 5) is 64.2. The van der Waals surface area contributed by atoms with Crippen LogP contribution < -0.4 is 21.3 Å². The molecule has 2 saturated heterocycles. The van der Waals surface area contributed by atoms with Gasteiger partial charge < -0.3 is 50.5 Å². The number of aromatic hydroxyl groups is 2. The predicted octanol–water partition coefficient (Wildman–Crippen LogP) is -1.40. The predicted molar refractivity (Wildman–Crippen MR) is 180 cm³/mol. The number of nitrogens with two attached hydrogens (primary N) is 1. The first-order chi connectivity index (χ1) is 24.1. The van der Waals surface area contributed by atoms with Gasteiger partial charge in [-0.15, -0.1) is 23.1 Å². The van der Waals surface area contributed by atoms with Gasteiger partial charge in [0.2, 0.25) is 0 Å². The number of anilines is 1. The zero-order valence-corrected chi connectivity index (χ0v) is 29.7. The fourth-order valence-corrected chi connectivity index (χ4v) is 7.85. The highest BCUT2D eigenvalue weighted by molar-refractivity contribution is 8.00. The van der Waals surface area contributed by atoms with Crippen molar-refractivity contribution in [3.63, 3.8) is 0 Å². The maximum Gasteiger partial charge on any atom is 0.276 e. The second kappa shape index (κ2) is 13.6. The maximum atomic E-state index is 13.7. The van der Waals surface area contributed by atoms with Gasteiger partial charge in [-0.2, -0.15) is 5.21 Å². The van der Waals surface area contributed by atoms with Crippen molar-refractivity contribution in [2.24, 2.45) is 5.16 Å². The smallest absolute Gasteiger partial charge is 0.276 e. The van der Waals surface area contributed by atoms with Gasteiger partial charge >= 0.3 is 0 Å². The van der Waals surface area contributed by atoms with E-state index in [0.29, 0.717) is 48.7 Å². The number of likely N-dealkylation sites (N-methyl/N-ethyl adjacent to an activating group) is 1. The Morgan fingerprint density at radius 1 is 1.27 bits per heavy atom. The van der Waals surface area contributed by atoms with Crippen LogP contribution in [-0.4, -0.2) is 137 Å². The lowest BCUT2D eigenvalue weighted by atomic mass is 10.0. The Morgan fingerprint density at radius 3 is 2.63 bits per heavy atom. The zero-order chi connectivity index (χ0) is 36.8. The lowest BCUT2D eigenvalue weighted by Gasteiger charge is -2.51. The second-order valence-electron chi connectivity index (χ2n) is 12.7. The number of halogens is 1. The van der Waals surface area contributed by atoms with Crippen molar-refractivity contribution in [2.45, 2.75) is 30.9 Å². The van der Waals surface area contributed by atoms with Crippen molar-refractivity contribution in [2.75, 3.05) is 51.3 Å². The number of oxime groups is 1. The SMILES string of the molecule is CC(C)(O/N=C(\C(=O)N[C@@H]1C(=O)N2C(c3nnn[n-]3)=C(C[N+]3(C)CCN(C(=O)c4ccc(O)c(O)c4Cl)CC3)CS[C@H]12)c1csc(N)n1)C(=O)[O-]. The molecule has 5 N–H and O–H groups in total. The number of carboxylic acids is 1. The first-order valence-corrected chi connectivity index (χ1v) is 17.6. The van der Waals surface area contributed by atoms with Gasteiger partial charge in [0.15, 0.2) is 27.9 Å². The average molecular weight is 761 g/mol. The van der Waals surface area contributed by atoms with Crippen molar-refractivity contribution in [1.82, 2.24) is 40.7 Å². The highest BCUT2D eigenvalue weighted by Crippen LogP contribution is 2.44. The number of fused-ring (bicyclic) bond motifs is 1. The van der Waals surface area contributed by atoms with E-state index in [-0.39, 0.29) is 38.9 Å². The van der Waals surface area contributed by atoms with Crippen molar-refractivity contribution in [3.8, 4) is 11.5 Å². The van der Waals surface area contributed by atoms with Gasteiger partial charge in [0.05, 0.1) is 61.3 Å². The quantitative estimate of drug-likeness (QED) is 0.0609. The molecule has 19 nitrogen and oxygen atoms in total. The minimum Gasteiger partial charge on any atom is -0.546 e. The van der Waals surface area contributed by atoms with Gasteiger partial charge in [-0.3, -0.25) is 29.6 Å². The summed E-state index contributed by atoms with van der Waals surface area (Å²) in [5.74, 6) is -3.63. The number of nitrogens with one attached hydrogen (secondary N) is 1. The van der Waals surface area contributed by atoms with E-state index >= 15 is 0 Å². The number of nitrogens with zero attached hydrogens (tertiary/aromatic N) is 9. The summed E-state index contributed by atoms with van der Waals surface area (Å²) in [5.41, 5.74) is 4.88. The Balaban J connectivity index is 1.18. The molecule has 0 bridgehead atoms. The van der Waals surface area contributed by atoms with E-state index in [0.717, 1.165) is 16.9 Å². The first-order valence-electron chi connectivity index (χ1n) is 15.3. The van der Waals surface area contributed by atoms with Crippen LogP contribution in [0.2, 0.25) is 5.02 Å². The number of amides is 3. The van der Waals surface area contributed by atoms with Crippen LogP contribution in [0.4, 0.5) is 5.13 Å². The Bertz CT molecular complexity index is 1960. The summed E-state index contributed by atoms with van der Waals surface area (Å²) < 4.78 is 0.505. The highest BCUT2D eigenvalue weighted by atomic mass is 35.5. The number of tetrazole rings is 1. The molecule has 0 radical (unpaired) electrons. The van der Waals surface area contributed by atoms with Gasteiger partial charge in [-0.1, -0.05) is 16.8 Å². The van der Waals surface area contributed by atoms with Crippen LogP contribution in [0.1, 0.15) is 35.7 Å². The molecule has 2 atom stereocenters. The number of hydrogen-bond donors (Lipinski definition) is 4. The summed E-state index contributed by atoms with van der Waals surface area (Å²) in [6.07, 6.45) is 0. The molecular formula is C29H31ClN11O8S2-. The number of aliphatic carboxylic acids is 1. The van der Waals surface area contributed by atoms with E-state index in [1.54, 1.807) is 4.90 Å². The number of β-lactam (4-membered cyclic amide) rings is 1. The summed E-state index contributed by atoms with van der Waals surface area (Å²) >= 11 is 8.59. The van der Waals surface area contributed by atoms with Crippen LogP contribution in [-0.2, 0) is 19.2 Å². The van der Waals surface area contributed by atoms with Gasteiger partial charge in [0.1, 0.15) is 23.7 Å². The Kier molecular flexibility index (Phi) is 9.57. The van der Waals surface area contributed by atoms with Crippen LogP contribution in [0.15, 0.2) is 28.2 Å². The molecule has 3 aromatic rings. The lowest BCUT2D eigenvalue weighted by Crippen LogP contribution is -2.70. The normalized spacial score (nSPS) is 20.5. The Morgan fingerprint density at radius 2 is 2.00 bits per heavy atom. The van der Waals surface area contributed by atoms with Gasteiger partial charge in [-0.25, -0.2) is 4.98 Å². The number of nitrogen functional groups attached to an aromatic ring is 1. The monoisotopic (exact) mass is 760 g/mol. The van der Waals surface area contributed by atoms with Crippen molar-refractivity contribution >= 4 is 74.9 Å². The minimum absolute atomic E-state index is 0.0253. The topological polar surface area (TPSA) is 264 Å². The Labute approximate surface area is 302 Å². The molecule has 2 aromatic heterocycles. The fraction of sp³-hybridized carbons (Fsp3) is 0.414. The molecule has 3 aliphatic heterocycles. The third kappa shape index (κ3) is 6.88. The number of carbonyl (C=O) groups is 4. The van der Waals surface area contributed by atoms with E-state index in [2.05, 4.69) is 36.1 Å². The molecule has 51 heavy (non-hydrogen) atoms. The van der Waals surface area contributed by atoms with Crippen LogP contribution in [0.25, 0.3) is 5.70 Å². The number of phenolic OH excluding ortho intramolecular Hbond substituents is 2. The van der Waals surface area contributed by atoms with Crippen LogP contribution in [0.3, 0.4) is 0 Å². The van der Waals surface area contributed by atoms with E-state index in [4.69, 9.17) is 22.2 Å². The lowest BCUT2D eigenvalue weighted by molar-refractivity contribution is -0.908. The number of aromatic nitrogens is 5. The van der Waals surface area contributed by atoms with Gasteiger partial charge in [-0.05, 0) is 26.0 Å². The number of carbonyl (C=O) groups excluding carboxylic acids is 4. The standard InChI is InChI=1S/C29H32ClN11O8S2/c1-29(2,27(47)48)49-36-18(15-12-51-28(31)32-15)23(44)33-19-25(46)40-20(22-34-37-38-35-22)13(11-50-26(19)40)10-41(3)8-6-39(7-9-41)24(45)14-4-5-16(42)21(43)17(14)30/h4-5,12,19,26H,6-11H2,1-3H3,(H6-,31,32,33,34,35,36,37,38,42,43,44,45,47,48)/p-1/t19-,26-/m1/s1. The minimum atomic E-state index is -1.88. The molecule has 270 valence electrons. The number of benzene rings is 1. The molecule has 0 aliphatic carbocycles. The van der Waals surface area contributed by atoms with Crippen molar-refractivity contribution < 1.29 is 43.8 Å². The molecule has 2 fully saturated rings. The third-order valence-electron chi connectivity index (χ3n) is 8.71. The summed E-state index contributed by atoms with van der Waals surface area (Å²) in [6, 6.07) is 1.57. The molecule has 3 aliphatic rings. The number of thiazole rings is 1. The molecule has 5 heterocycles. The number of thioether (sulfide) groups is 1. The zero-order valence-electron chi connectivity index (χ0n) is 27.3. The first kappa shape index (κ1) is 35.8. The number of hydrogen-bond acceptors (Lipinski definition) is 16. The fourth-order valence-electron chi connectivity index (χ4n) is 5.72. The molecule has 0 saturated carbocycles. The van der Waals surface area contributed by atoms with Crippen molar-refractivity contribution in [3.05, 3.63) is 45.2 Å². The molecule has 3 amide bonds. The highest BCUT2D eigenvalue weighted by Gasteiger charge is 2.54. The van der Waals surface area contributed by atoms with Crippen LogP contribution >= 0.6 is 34.7 Å². The maximum absolute atomic E-state index is 13.7. The summed E-state index contributed by atoms with van der Waals surface area (Å²) in [6.45, 7) is 4.71. The molecule has 6 rings (SSSR count). The molecule has 22 heteroatoms. The number of rotatable bonds is 10. The van der Waals surface area contributed by atoms with Gasteiger partial charge in [0.25, 0.3) is 17.7 Å². The van der Waals surface area contributed by atoms with E-state index in [1.807, 2.05) is 7.05 Å². The van der Waals surface area contributed by atoms with E-state index in [9.17, 15) is 34.5 Å². The second-order valence-corrected chi connectivity index (χ2v) is 15.1. The van der Waals surface area contributed by atoms with Gasteiger partial charge in [0, 0.05) is 16.7 Å². The van der Waals surface area contributed by atoms with E-state index < -0.39 is 46.3 Å². The third-order valence-corrected chi connectivity index (χ3v) is 11.1. The molecule has 1 aromatic carbocycles. The largest absolute Gasteiger partial charge is 0.546 e. The van der Waals surface area contributed by atoms with Crippen LogP contribution in [0.5, 0.6) is 11.5 Å². The van der Waals surface area contributed by atoms with Crippen molar-refractivity contribution in [1.29, 1.82) is 0 Å². The summed E-state index contributed by atoms with van der Waals surface area (Å²) in [7, 11) is 2.03. The molecule has 0 spiro atoms.